The van der Waals surface area contributed by atoms with Gasteiger partial charge in [-0.05, 0) is 18.9 Å². The Morgan fingerprint density at radius 3 is 2.44 bits per heavy atom. The summed E-state index contributed by atoms with van der Waals surface area (Å²) in [6, 6.07) is 1.56. The van der Waals surface area contributed by atoms with Crippen molar-refractivity contribution in [3.8, 4) is 11.5 Å². The molecule has 3 nitrogen and oxygen atoms in total. The van der Waals surface area contributed by atoms with Crippen LogP contribution in [0.2, 0.25) is 5.02 Å². The minimum Gasteiger partial charge on any atom is -0.493 e. The molecule has 2 rings (SSSR count). The van der Waals surface area contributed by atoms with Gasteiger partial charge in [0, 0.05) is 11.1 Å². The van der Waals surface area contributed by atoms with E-state index < -0.39 is 11.4 Å². The van der Waals surface area contributed by atoms with Crippen molar-refractivity contribution in [1.82, 2.24) is 0 Å². The summed E-state index contributed by atoms with van der Waals surface area (Å²) in [5.74, 6) is 0.0922. The highest BCUT2D eigenvalue weighted by Crippen LogP contribution is 2.49. The van der Waals surface area contributed by atoms with Crippen LogP contribution in [0.25, 0.3) is 0 Å². The summed E-state index contributed by atoms with van der Waals surface area (Å²) in [5, 5.41) is -0.0754. The molecule has 1 aromatic rings. The Bertz CT molecular complexity index is 432. The predicted octanol–water partition coefficient (Wildman–Crippen LogP) is 2.44. The molecule has 0 saturated heterocycles. The normalized spacial score (nSPS) is 17.1. The molecule has 1 fully saturated rings. The molecule has 1 saturated carbocycles. The number of nitrogens with two attached hydrogens (primary N) is 1. The Kier molecular flexibility index (Phi) is 2.72. The van der Waals surface area contributed by atoms with Crippen LogP contribution in [0.15, 0.2) is 6.07 Å². The molecule has 0 heterocycles. The van der Waals surface area contributed by atoms with Gasteiger partial charge in [-0.15, -0.1) is 0 Å². The molecule has 0 radical (unpaired) electrons. The number of hydrogen-bond donors (Lipinski definition) is 1. The van der Waals surface area contributed by atoms with Gasteiger partial charge in [-0.1, -0.05) is 11.6 Å². The van der Waals surface area contributed by atoms with Gasteiger partial charge >= 0.3 is 0 Å². The van der Waals surface area contributed by atoms with E-state index in [0.717, 1.165) is 12.8 Å². The summed E-state index contributed by atoms with van der Waals surface area (Å²) < 4.78 is 24.1. The lowest BCUT2D eigenvalue weighted by atomic mass is 10.0. The van der Waals surface area contributed by atoms with Gasteiger partial charge in [0.25, 0.3) is 0 Å². The molecule has 0 aliphatic heterocycles. The van der Waals surface area contributed by atoms with E-state index in [1.807, 2.05) is 0 Å². The molecule has 0 spiro atoms. The zero-order valence-electron chi connectivity index (χ0n) is 9.14. The molecule has 5 heteroatoms. The first kappa shape index (κ1) is 11.5. The highest BCUT2D eigenvalue weighted by Gasteiger charge is 2.43. The van der Waals surface area contributed by atoms with Gasteiger partial charge in [0.15, 0.2) is 17.3 Å². The lowest BCUT2D eigenvalue weighted by molar-refractivity contribution is 0.351. The third-order valence-corrected chi connectivity index (χ3v) is 3.21. The zero-order valence-corrected chi connectivity index (χ0v) is 9.90. The minimum atomic E-state index is -0.590. The number of hydrogen-bond acceptors (Lipinski definition) is 3. The first-order valence-electron chi connectivity index (χ1n) is 4.93. The van der Waals surface area contributed by atoms with Gasteiger partial charge in [-0.3, -0.25) is 0 Å². The van der Waals surface area contributed by atoms with E-state index in [4.69, 9.17) is 26.8 Å². The summed E-state index contributed by atoms with van der Waals surface area (Å²) in [5.41, 5.74) is 5.77. The van der Waals surface area contributed by atoms with Crippen LogP contribution in [-0.2, 0) is 5.54 Å². The summed E-state index contributed by atoms with van der Waals surface area (Å²) in [6.07, 6.45) is 1.52. The number of ether oxygens (including phenoxy) is 2. The van der Waals surface area contributed by atoms with Crippen LogP contribution in [0.4, 0.5) is 4.39 Å². The maximum absolute atomic E-state index is 14.0. The third-order valence-electron chi connectivity index (χ3n) is 2.88. The van der Waals surface area contributed by atoms with Crippen molar-refractivity contribution in [2.45, 2.75) is 18.4 Å². The summed E-state index contributed by atoms with van der Waals surface area (Å²) in [7, 11) is 2.89. The first-order valence-corrected chi connectivity index (χ1v) is 5.30. The number of methoxy groups -OCH3 is 2. The van der Waals surface area contributed by atoms with Crippen molar-refractivity contribution >= 4 is 11.6 Å². The van der Waals surface area contributed by atoms with E-state index in [1.165, 1.54) is 14.2 Å². The molecule has 0 amide bonds. The summed E-state index contributed by atoms with van der Waals surface area (Å²) in [4.78, 5) is 0. The van der Waals surface area contributed by atoms with Crippen molar-refractivity contribution in [1.29, 1.82) is 0 Å². The largest absolute Gasteiger partial charge is 0.493 e. The van der Waals surface area contributed by atoms with Gasteiger partial charge < -0.3 is 15.2 Å². The van der Waals surface area contributed by atoms with E-state index in [1.54, 1.807) is 6.07 Å². The molecule has 1 aliphatic carbocycles. The van der Waals surface area contributed by atoms with Crippen molar-refractivity contribution < 1.29 is 13.9 Å². The second-order valence-corrected chi connectivity index (χ2v) is 4.32. The van der Waals surface area contributed by atoms with E-state index in [0.29, 0.717) is 11.3 Å². The molecule has 88 valence electrons. The Morgan fingerprint density at radius 1 is 1.38 bits per heavy atom. The highest BCUT2D eigenvalue weighted by molar-refractivity contribution is 6.32. The fourth-order valence-electron chi connectivity index (χ4n) is 1.69. The van der Waals surface area contributed by atoms with Crippen LogP contribution in [0.5, 0.6) is 11.5 Å². The van der Waals surface area contributed by atoms with Crippen molar-refractivity contribution in [3.63, 3.8) is 0 Å². The first-order chi connectivity index (χ1) is 7.53. The summed E-state index contributed by atoms with van der Waals surface area (Å²) >= 11 is 5.88. The molecular weight excluding hydrogens is 233 g/mol. The molecule has 0 atom stereocenters. The van der Waals surface area contributed by atoms with Crippen molar-refractivity contribution in [3.05, 3.63) is 22.5 Å². The van der Waals surface area contributed by atoms with E-state index in [-0.39, 0.29) is 10.8 Å². The quantitative estimate of drug-likeness (QED) is 0.890. The third kappa shape index (κ3) is 1.62. The number of benzene rings is 1. The second kappa shape index (κ2) is 3.79. The fourth-order valence-corrected chi connectivity index (χ4v) is 1.97. The maximum atomic E-state index is 14.0. The monoisotopic (exact) mass is 245 g/mol. The van der Waals surface area contributed by atoms with Crippen molar-refractivity contribution in [2.24, 2.45) is 5.73 Å². The summed E-state index contributed by atoms with van der Waals surface area (Å²) in [6.45, 7) is 0. The van der Waals surface area contributed by atoms with Crippen LogP contribution >= 0.6 is 11.6 Å². The SMILES string of the molecule is COc1cc(C2(N)CC2)c(F)c(Cl)c1OC. The Labute approximate surface area is 98.3 Å². The van der Waals surface area contributed by atoms with Crippen LogP contribution in [0, 0.1) is 5.82 Å². The second-order valence-electron chi connectivity index (χ2n) is 3.94. The number of halogens is 2. The molecule has 1 aliphatic rings. The smallest absolute Gasteiger partial charge is 0.182 e. The Hall–Kier alpha value is -1.00. The predicted molar refractivity (Wildman–Crippen MR) is 59.6 cm³/mol. The van der Waals surface area contributed by atoms with Crippen LogP contribution in [0.3, 0.4) is 0 Å². The fraction of sp³-hybridized carbons (Fsp3) is 0.455. The number of rotatable bonds is 3. The lowest BCUT2D eigenvalue weighted by Crippen LogP contribution is -2.20. The van der Waals surface area contributed by atoms with Crippen LogP contribution in [-0.4, -0.2) is 14.2 Å². The lowest BCUT2D eigenvalue weighted by Gasteiger charge is -2.16. The molecule has 0 aromatic heterocycles. The molecule has 0 bridgehead atoms. The van der Waals surface area contributed by atoms with Crippen LogP contribution < -0.4 is 15.2 Å². The molecule has 16 heavy (non-hydrogen) atoms. The average Bonchev–Trinajstić information content (AvgIpc) is 3.01. The van der Waals surface area contributed by atoms with Gasteiger partial charge in [0.1, 0.15) is 5.02 Å². The van der Waals surface area contributed by atoms with E-state index in [9.17, 15) is 4.39 Å². The maximum Gasteiger partial charge on any atom is 0.182 e. The Balaban J connectivity index is 2.60. The molecule has 0 unspecified atom stereocenters. The van der Waals surface area contributed by atoms with E-state index >= 15 is 0 Å². The molecule has 1 aromatic carbocycles. The van der Waals surface area contributed by atoms with Gasteiger partial charge in [-0.25, -0.2) is 4.39 Å². The van der Waals surface area contributed by atoms with Crippen LogP contribution in [0.1, 0.15) is 18.4 Å². The van der Waals surface area contributed by atoms with Crippen molar-refractivity contribution in [2.75, 3.05) is 14.2 Å². The average molecular weight is 246 g/mol. The minimum absolute atomic E-state index is 0.0754. The van der Waals surface area contributed by atoms with Gasteiger partial charge in [0.2, 0.25) is 0 Å². The van der Waals surface area contributed by atoms with E-state index in [2.05, 4.69) is 0 Å². The Morgan fingerprint density at radius 2 is 2.00 bits per heavy atom. The molecular formula is C11H13ClFNO2. The highest BCUT2D eigenvalue weighted by atomic mass is 35.5. The zero-order chi connectivity index (χ0) is 11.9. The van der Waals surface area contributed by atoms with Gasteiger partial charge in [-0.2, -0.15) is 0 Å². The standard InChI is InChI=1S/C11H13ClFNO2/c1-15-7-5-6(11(14)3-4-11)9(13)8(12)10(7)16-2/h5H,3-4,14H2,1-2H3. The molecule has 2 N–H and O–H groups in total. The topological polar surface area (TPSA) is 44.5 Å². The van der Waals surface area contributed by atoms with Gasteiger partial charge in [0.05, 0.1) is 14.2 Å².